The van der Waals surface area contributed by atoms with Crippen molar-refractivity contribution in [2.45, 2.75) is 25.8 Å². The van der Waals surface area contributed by atoms with E-state index in [0.717, 1.165) is 0 Å². The van der Waals surface area contributed by atoms with Crippen molar-refractivity contribution < 1.29 is 4.79 Å². The number of hydrogen-bond acceptors (Lipinski definition) is 1. The first-order chi connectivity index (χ1) is 9.18. The topological polar surface area (TPSA) is 29.1 Å². The van der Waals surface area contributed by atoms with Crippen LogP contribution in [0.2, 0.25) is 0 Å². The molecule has 0 saturated heterocycles. The van der Waals surface area contributed by atoms with Crippen LogP contribution in [0.5, 0.6) is 0 Å². The van der Waals surface area contributed by atoms with Crippen molar-refractivity contribution in [1.82, 2.24) is 5.32 Å². The van der Waals surface area contributed by atoms with Crippen LogP contribution in [-0.4, -0.2) is 11.9 Å². The van der Waals surface area contributed by atoms with E-state index < -0.39 is 0 Å². The second-order valence-corrected chi connectivity index (χ2v) is 5.14. The normalized spacial score (nSPS) is 14.6. The highest BCUT2D eigenvalue weighted by atomic mass is 16.1. The zero-order valence-corrected chi connectivity index (χ0v) is 11.2. The predicted molar refractivity (Wildman–Crippen MR) is 77.0 cm³/mol. The number of hydrogen-bond donors (Lipinski definition) is 1. The van der Waals surface area contributed by atoms with Crippen LogP contribution < -0.4 is 5.32 Å². The first kappa shape index (κ1) is 12.0. The van der Waals surface area contributed by atoms with E-state index in [9.17, 15) is 4.79 Å². The Bertz CT molecular complexity index is 587. The Balaban J connectivity index is 2.12. The summed E-state index contributed by atoms with van der Waals surface area (Å²) in [5.41, 5.74) is 5.20. The molecule has 19 heavy (non-hydrogen) atoms. The maximum absolute atomic E-state index is 11.3. The van der Waals surface area contributed by atoms with Crippen molar-refractivity contribution in [2.24, 2.45) is 0 Å². The first-order valence-corrected chi connectivity index (χ1v) is 6.64. The van der Waals surface area contributed by atoms with Crippen molar-refractivity contribution in [1.29, 1.82) is 0 Å². The molecule has 0 aliphatic heterocycles. The molecule has 0 aromatic heterocycles. The maximum Gasteiger partial charge on any atom is 0.217 e. The van der Waals surface area contributed by atoms with Crippen molar-refractivity contribution >= 4 is 5.91 Å². The third-order valence-corrected chi connectivity index (χ3v) is 3.81. The summed E-state index contributed by atoms with van der Waals surface area (Å²) in [7, 11) is 0. The summed E-state index contributed by atoms with van der Waals surface area (Å²) in [5.74, 6) is 0.269. The lowest BCUT2D eigenvalue weighted by molar-refractivity contribution is -0.119. The molecule has 2 aromatic rings. The fraction of sp³-hybridized carbons (Fsp3) is 0.235. The largest absolute Gasteiger partial charge is 0.353 e. The summed E-state index contributed by atoms with van der Waals surface area (Å²) < 4.78 is 0. The lowest BCUT2D eigenvalue weighted by Crippen LogP contribution is -2.35. The molecule has 1 N–H and O–H groups in total. The molecule has 2 nitrogen and oxygen atoms in total. The average molecular weight is 251 g/mol. The molecule has 2 heteroatoms. The molecule has 0 radical (unpaired) electrons. The Morgan fingerprint density at radius 2 is 1.47 bits per heavy atom. The highest BCUT2D eigenvalue weighted by Crippen LogP contribution is 2.45. The standard InChI is InChI=1S/C17H17NO/c1-11(18-12(2)19)17-15-9-5-3-7-13(15)14-8-4-6-10-16(14)17/h3-11,17H,1-2H3,(H,18,19). The molecule has 0 fully saturated rings. The molecular formula is C17H17NO. The molecule has 2 aromatic carbocycles. The molecule has 0 spiro atoms. The molecule has 1 aliphatic rings. The van der Waals surface area contributed by atoms with Crippen LogP contribution in [0.15, 0.2) is 48.5 Å². The lowest BCUT2D eigenvalue weighted by Gasteiger charge is -2.22. The van der Waals surface area contributed by atoms with Gasteiger partial charge in [-0.05, 0) is 29.2 Å². The lowest BCUT2D eigenvalue weighted by atomic mass is 9.90. The van der Waals surface area contributed by atoms with Gasteiger partial charge in [0.15, 0.2) is 0 Å². The van der Waals surface area contributed by atoms with E-state index in [0.29, 0.717) is 0 Å². The number of benzene rings is 2. The van der Waals surface area contributed by atoms with Gasteiger partial charge in [-0.1, -0.05) is 48.5 Å². The van der Waals surface area contributed by atoms with E-state index in [4.69, 9.17) is 0 Å². The predicted octanol–water partition coefficient (Wildman–Crippen LogP) is 3.32. The summed E-state index contributed by atoms with van der Waals surface area (Å²) in [6, 6.07) is 17.0. The van der Waals surface area contributed by atoms with Crippen LogP contribution in [0.3, 0.4) is 0 Å². The SMILES string of the molecule is CC(=O)NC(C)C1c2ccccc2-c2ccccc21. The molecular weight excluding hydrogens is 234 g/mol. The summed E-state index contributed by atoms with van der Waals surface area (Å²) >= 11 is 0. The number of amides is 1. The minimum Gasteiger partial charge on any atom is -0.353 e. The fourth-order valence-corrected chi connectivity index (χ4v) is 3.14. The van der Waals surface area contributed by atoms with Gasteiger partial charge in [0.25, 0.3) is 0 Å². The first-order valence-electron chi connectivity index (χ1n) is 6.64. The minimum atomic E-state index is 0.0226. The van der Waals surface area contributed by atoms with Gasteiger partial charge in [0.05, 0.1) is 0 Å². The van der Waals surface area contributed by atoms with Gasteiger partial charge in [-0.2, -0.15) is 0 Å². The smallest absolute Gasteiger partial charge is 0.217 e. The Morgan fingerprint density at radius 3 is 1.95 bits per heavy atom. The summed E-state index contributed by atoms with van der Waals surface area (Å²) in [4.78, 5) is 11.3. The molecule has 1 amide bonds. The van der Waals surface area contributed by atoms with Crippen molar-refractivity contribution in [3.05, 3.63) is 59.7 Å². The van der Waals surface area contributed by atoms with Gasteiger partial charge in [-0.15, -0.1) is 0 Å². The van der Waals surface area contributed by atoms with Crippen molar-refractivity contribution in [3.8, 4) is 11.1 Å². The second kappa shape index (κ2) is 4.54. The van der Waals surface area contributed by atoms with E-state index in [2.05, 4.69) is 60.8 Å². The van der Waals surface area contributed by atoms with Crippen LogP contribution in [0, 0.1) is 0 Å². The van der Waals surface area contributed by atoms with Crippen LogP contribution in [0.25, 0.3) is 11.1 Å². The van der Waals surface area contributed by atoms with Crippen LogP contribution in [0.1, 0.15) is 30.9 Å². The van der Waals surface area contributed by atoms with E-state index in [1.807, 2.05) is 0 Å². The molecule has 0 heterocycles. The monoisotopic (exact) mass is 251 g/mol. The third-order valence-electron chi connectivity index (χ3n) is 3.81. The van der Waals surface area contributed by atoms with Crippen molar-refractivity contribution in [3.63, 3.8) is 0 Å². The number of rotatable bonds is 2. The molecule has 0 bridgehead atoms. The number of carbonyl (C=O) groups is 1. The summed E-state index contributed by atoms with van der Waals surface area (Å²) in [6.07, 6.45) is 0. The van der Waals surface area contributed by atoms with Gasteiger partial charge in [0, 0.05) is 18.9 Å². The van der Waals surface area contributed by atoms with Crippen molar-refractivity contribution in [2.75, 3.05) is 0 Å². The molecule has 96 valence electrons. The number of fused-ring (bicyclic) bond motifs is 3. The van der Waals surface area contributed by atoms with Gasteiger partial charge in [0.2, 0.25) is 5.91 Å². The van der Waals surface area contributed by atoms with Gasteiger partial charge in [-0.25, -0.2) is 0 Å². The highest BCUT2D eigenvalue weighted by molar-refractivity contribution is 5.80. The van der Waals surface area contributed by atoms with Gasteiger partial charge < -0.3 is 5.32 Å². The zero-order chi connectivity index (χ0) is 13.4. The quantitative estimate of drug-likeness (QED) is 0.871. The Hall–Kier alpha value is -2.09. The van der Waals surface area contributed by atoms with Crippen LogP contribution >= 0.6 is 0 Å². The van der Waals surface area contributed by atoms with Crippen LogP contribution in [0.4, 0.5) is 0 Å². The molecule has 1 unspecified atom stereocenters. The van der Waals surface area contributed by atoms with E-state index in [1.54, 1.807) is 6.92 Å². The van der Waals surface area contributed by atoms with E-state index in [1.165, 1.54) is 22.3 Å². The van der Waals surface area contributed by atoms with Gasteiger partial charge in [0.1, 0.15) is 0 Å². The maximum atomic E-state index is 11.3. The summed E-state index contributed by atoms with van der Waals surface area (Å²) in [5, 5.41) is 3.03. The fourth-order valence-electron chi connectivity index (χ4n) is 3.14. The van der Waals surface area contributed by atoms with Gasteiger partial charge >= 0.3 is 0 Å². The molecule has 1 aliphatic carbocycles. The van der Waals surface area contributed by atoms with Crippen LogP contribution in [-0.2, 0) is 4.79 Å². The zero-order valence-electron chi connectivity index (χ0n) is 11.2. The Kier molecular flexibility index (Phi) is 2.86. The molecule has 3 rings (SSSR count). The molecule has 1 atom stereocenters. The summed E-state index contributed by atoms with van der Waals surface area (Å²) in [6.45, 7) is 3.65. The molecule has 0 saturated carbocycles. The van der Waals surface area contributed by atoms with E-state index >= 15 is 0 Å². The Morgan fingerprint density at radius 1 is 1.00 bits per heavy atom. The second-order valence-electron chi connectivity index (χ2n) is 5.14. The number of nitrogens with one attached hydrogen (secondary N) is 1. The van der Waals surface area contributed by atoms with E-state index in [-0.39, 0.29) is 17.9 Å². The Labute approximate surface area is 113 Å². The van der Waals surface area contributed by atoms with Gasteiger partial charge in [-0.3, -0.25) is 4.79 Å². The average Bonchev–Trinajstić information content (AvgIpc) is 2.72. The minimum absolute atomic E-state index is 0.0226. The third kappa shape index (κ3) is 1.93. The highest BCUT2D eigenvalue weighted by Gasteiger charge is 2.32. The number of carbonyl (C=O) groups excluding carboxylic acids is 1.